The van der Waals surface area contributed by atoms with E-state index in [1.807, 2.05) is 30.3 Å². The van der Waals surface area contributed by atoms with Gasteiger partial charge in [0.05, 0.1) is 6.04 Å². The lowest BCUT2D eigenvalue weighted by Crippen LogP contribution is -2.36. The molecule has 0 bridgehead atoms. The second-order valence-corrected chi connectivity index (χ2v) is 3.44. The molecule has 1 aromatic carbocycles. The van der Waals surface area contributed by atoms with E-state index in [9.17, 15) is 4.79 Å². The average molecular weight is 232 g/mol. The molecule has 0 saturated heterocycles. The van der Waals surface area contributed by atoms with Crippen molar-refractivity contribution in [3.63, 3.8) is 0 Å². The van der Waals surface area contributed by atoms with Crippen LogP contribution in [-0.4, -0.2) is 18.7 Å². The number of carbonyl (C=O) groups is 1. The minimum atomic E-state index is -0.484. The van der Waals surface area contributed by atoms with E-state index in [1.54, 1.807) is 6.92 Å². The van der Waals surface area contributed by atoms with E-state index < -0.39 is 6.09 Å². The molecule has 0 aromatic heterocycles. The van der Waals surface area contributed by atoms with E-state index in [4.69, 9.17) is 10.5 Å². The largest absolute Gasteiger partial charge is 0.445 e. The van der Waals surface area contributed by atoms with Gasteiger partial charge in [-0.1, -0.05) is 36.3 Å². The van der Waals surface area contributed by atoms with Gasteiger partial charge in [0.25, 0.3) is 0 Å². The normalized spacial score (nSPS) is 10.9. The Balaban J connectivity index is 2.23. The van der Waals surface area contributed by atoms with Crippen LogP contribution in [0.4, 0.5) is 4.79 Å². The van der Waals surface area contributed by atoms with E-state index >= 15 is 0 Å². The Labute approximate surface area is 101 Å². The summed E-state index contributed by atoms with van der Waals surface area (Å²) in [6.07, 6.45) is -0.484. The Kier molecular flexibility index (Phi) is 5.62. The van der Waals surface area contributed by atoms with Gasteiger partial charge in [0.1, 0.15) is 6.61 Å². The van der Waals surface area contributed by atoms with Crippen LogP contribution in [0.2, 0.25) is 0 Å². The topological polar surface area (TPSA) is 64.3 Å². The predicted octanol–water partition coefficient (Wildman–Crippen LogP) is 1.26. The fourth-order valence-electron chi connectivity index (χ4n) is 1.20. The maximum atomic E-state index is 11.3. The summed E-state index contributed by atoms with van der Waals surface area (Å²) in [7, 11) is 0. The molecule has 1 aromatic rings. The van der Waals surface area contributed by atoms with Crippen LogP contribution in [0, 0.1) is 11.8 Å². The number of nitrogens with one attached hydrogen (secondary N) is 1. The molecule has 4 heteroatoms. The van der Waals surface area contributed by atoms with Gasteiger partial charge in [-0.15, -0.1) is 5.92 Å². The molecule has 0 aliphatic carbocycles. The van der Waals surface area contributed by atoms with Crippen LogP contribution >= 0.6 is 0 Å². The molecule has 1 rings (SSSR count). The maximum absolute atomic E-state index is 11.3. The number of amides is 1. The molecular formula is C13H16N2O2. The Bertz CT molecular complexity index is 406. The first-order chi connectivity index (χ1) is 8.22. The number of hydrogen-bond acceptors (Lipinski definition) is 3. The van der Waals surface area contributed by atoms with Gasteiger partial charge in [-0.25, -0.2) is 4.79 Å². The number of benzene rings is 1. The fourth-order valence-corrected chi connectivity index (χ4v) is 1.20. The lowest BCUT2D eigenvalue weighted by atomic mass is 10.2. The van der Waals surface area contributed by atoms with Gasteiger partial charge < -0.3 is 15.8 Å². The summed E-state index contributed by atoms with van der Waals surface area (Å²) in [5.41, 5.74) is 6.54. The van der Waals surface area contributed by atoms with Crippen molar-refractivity contribution < 1.29 is 9.53 Å². The van der Waals surface area contributed by atoms with Crippen molar-refractivity contribution in [1.82, 2.24) is 5.32 Å². The van der Waals surface area contributed by atoms with Crippen LogP contribution < -0.4 is 11.1 Å². The first-order valence-corrected chi connectivity index (χ1v) is 5.34. The lowest BCUT2D eigenvalue weighted by Gasteiger charge is -2.08. The van der Waals surface area contributed by atoms with Crippen molar-refractivity contribution in [1.29, 1.82) is 0 Å². The SMILES string of the molecule is CC#CC(N)CNC(=O)OCc1ccccc1. The van der Waals surface area contributed by atoms with E-state index in [0.29, 0.717) is 0 Å². The third kappa shape index (κ3) is 5.59. The van der Waals surface area contributed by atoms with Crippen LogP contribution in [0.1, 0.15) is 12.5 Å². The molecule has 1 atom stereocenters. The molecule has 17 heavy (non-hydrogen) atoms. The fraction of sp³-hybridized carbons (Fsp3) is 0.308. The minimum absolute atomic E-state index is 0.251. The number of nitrogens with two attached hydrogens (primary N) is 1. The Morgan fingerprint density at radius 2 is 2.18 bits per heavy atom. The number of carbonyl (C=O) groups excluding carboxylic acids is 1. The third-order valence-corrected chi connectivity index (χ3v) is 2.01. The van der Waals surface area contributed by atoms with Crippen molar-refractivity contribution in [2.45, 2.75) is 19.6 Å². The number of hydrogen-bond donors (Lipinski definition) is 2. The first kappa shape index (κ1) is 13.1. The highest BCUT2D eigenvalue weighted by atomic mass is 16.5. The highest BCUT2D eigenvalue weighted by Gasteiger charge is 2.04. The van der Waals surface area contributed by atoms with Crippen LogP contribution in [-0.2, 0) is 11.3 Å². The van der Waals surface area contributed by atoms with Gasteiger partial charge in [0.2, 0.25) is 0 Å². The summed E-state index contributed by atoms with van der Waals surface area (Å²) in [6.45, 7) is 2.24. The number of alkyl carbamates (subject to hydrolysis) is 1. The summed E-state index contributed by atoms with van der Waals surface area (Å²) in [5, 5.41) is 2.55. The zero-order valence-corrected chi connectivity index (χ0v) is 9.77. The average Bonchev–Trinajstić information content (AvgIpc) is 2.35. The van der Waals surface area contributed by atoms with Gasteiger partial charge in [0, 0.05) is 6.54 Å². The number of ether oxygens (including phenoxy) is 1. The van der Waals surface area contributed by atoms with E-state index in [-0.39, 0.29) is 19.2 Å². The van der Waals surface area contributed by atoms with Crippen molar-refractivity contribution in [2.24, 2.45) is 5.73 Å². The molecular weight excluding hydrogens is 216 g/mol. The standard InChI is InChI=1S/C13H16N2O2/c1-2-6-12(14)9-15-13(16)17-10-11-7-4-3-5-8-11/h3-5,7-8,12H,9-10,14H2,1H3,(H,15,16). The summed E-state index contributed by atoms with van der Waals surface area (Å²) in [4.78, 5) is 11.3. The van der Waals surface area contributed by atoms with Crippen molar-refractivity contribution in [3.05, 3.63) is 35.9 Å². The van der Waals surface area contributed by atoms with Gasteiger partial charge in [-0.05, 0) is 12.5 Å². The molecule has 1 unspecified atom stereocenters. The molecule has 0 fully saturated rings. The van der Waals surface area contributed by atoms with Gasteiger partial charge in [0.15, 0.2) is 0 Å². The monoisotopic (exact) mass is 232 g/mol. The summed E-state index contributed by atoms with van der Waals surface area (Å²) in [6, 6.07) is 9.12. The van der Waals surface area contributed by atoms with Crippen molar-refractivity contribution >= 4 is 6.09 Å². The van der Waals surface area contributed by atoms with Crippen molar-refractivity contribution in [2.75, 3.05) is 6.54 Å². The van der Waals surface area contributed by atoms with Crippen LogP contribution in [0.15, 0.2) is 30.3 Å². The predicted molar refractivity (Wildman–Crippen MR) is 66.1 cm³/mol. The molecule has 4 nitrogen and oxygen atoms in total. The molecule has 0 heterocycles. The minimum Gasteiger partial charge on any atom is -0.445 e. The van der Waals surface area contributed by atoms with E-state index in [1.165, 1.54) is 0 Å². The second-order valence-electron chi connectivity index (χ2n) is 3.44. The van der Waals surface area contributed by atoms with E-state index in [0.717, 1.165) is 5.56 Å². The third-order valence-electron chi connectivity index (χ3n) is 2.01. The van der Waals surface area contributed by atoms with Gasteiger partial charge >= 0.3 is 6.09 Å². The van der Waals surface area contributed by atoms with Crippen LogP contribution in [0.5, 0.6) is 0 Å². The smallest absolute Gasteiger partial charge is 0.407 e. The number of rotatable bonds is 4. The van der Waals surface area contributed by atoms with Crippen LogP contribution in [0.25, 0.3) is 0 Å². The molecule has 0 aliphatic rings. The lowest BCUT2D eigenvalue weighted by molar-refractivity contribution is 0.139. The molecule has 0 radical (unpaired) electrons. The zero-order chi connectivity index (χ0) is 12.5. The molecule has 1 amide bonds. The maximum Gasteiger partial charge on any atom is 0.407 e. The Morgan fingerprint density at radius 3 is 2.82 bits per heavy atom. The molecule has 90 valence electrons. The summed E-state index contributed by atoms with van der Waals surface area (Å²) < 4.78 is 5.00. The summed E-state index contributed by atoms with van der Waals surface area (Å²) in [5.74, 6) is 5.41. The Hall–Kier alpha value is -1.99. The first-order valence-electron chi connectivity index (χ1n) is 5.34. The second kappa shape index (κ2) is 7.31. The van der Waals surface area contributed by atoms with Gasteiger partial charge in [-0.2, -0.15) is 0 Å². The molecule has 0 spiro atoms. The zero-order valence-electron chi connectivity index (χ0n) is 9.77. The molecule has 0 saturated carbocycles. The quantitative estimate of drug-likeness (QED) is 0.768. The summed E-state index contributed by atoms with van der Waals surface area (Å²) >= 11 is 0. The highest BCUT2D eigenvalue weighted by molar-refractivity contribution is 5.67. The van der Waals surface area contributed by atoms with Gasteiger partial charge in [-0.3, -0.25) is 0 Å². The van der Waals surface area contributed by atoms with Crippen LogP contribution in [0.3, 0.4) is 0 Å². The van der Waals surface area contributed by atoms with Crippen molar-refractivity contribution in [3.8, 4) is 11.8 Å². The molecule has 0 aliphatic heterocycles. The van der Waals surface area contributed by atoms with E-state index in [2.05, 4.69) is 17.2 Å². The Morgan fingerprint density at radius 1 is 1.47 bits per heavy atom. The highest BCUT2D eigenvalue weighted by Crippen LogP contribution is 2.00. The molecule has 3 N–H and O–H groups in total.